The number of rotatable bonds is 3. The summed E-state index contributed by atoms with van der Waals surface area (Å²) in [6, 6.07) is 10.3. The van der Waals surface area contributed by atoms with E-state index in [1.807, 2.05) is 36.7 Å². The zero-order valence-electron chi connectivity index (χ0n) is 12.8. The molecule has 23 heavy (non-hydrogen) atoms. The molecule has 0 bridgehead atoms. The molecule has 2 atom stereocenters. The number of aromatic nitrogens is 4. The molecule has 5 nitrogen and oxygen atoms in total. The van der Waals surface area contributed by atoms with Crippen LogP contribution in [0, 0.1) is 5.92 Å². The van der Waals surface area contributed by atoms with Crippen molar-refractivity contribution >= 4 is 16.5 Å². The quantitative estimate of drug-likeness (QED) is 0.737. The highest BCUT2D eigenvalue weighted by Gasteiger charge is 2.33. The number of nitrogens with zero attached hydrogens (tertiary/aromatic N) is 5. The van der Waals surface area contributed by atoms with Gasteiger partial charge in [0.15, 0.2) is 5.01 Å². The number of hydrogen-bond donors (Lipinski definition) is 0. The summed E-state index contributed by atoms with van der Waals surface area (Å²) in [7, 11) is 0. The minimum Gasteiger partial charge on any atom is -0.339 e. The van der Waals surface area contributed by atoms with Crippen molar-refractivity contribution in [3.63, 3.8) is 0 Å². The van der Waals surface area contributed by atoms with Gasteiger partial charge in [-0.25, -0.2) is 0 Å². The van der Waals surface area contributed by atoms with Gasteiger partial charge >= 0.3 is 0 Å². The second kappa shape index (κ2) is 6.04. The van der Waals surface area contributed by atoms with Crippen molar-refractivity contribution in [2.45, 2.75) is 19.4 Å². The highest BCUT2D eigenvalue weighted by atomic mass is 32.1. The lowest BCUT2D eigenvalue weighted by atomic mass is 10.0. The van der Waals surface area contributed by atoms with Crippen molar-refractivity contribution in [2.24, 2.45) is 5.92 Å². The fourth-order valence-corrected chi connectivity index (χ4v) is 3.95. The second-order valence-electron chi connectivity index (χ2n) is 5.90. The molecule has 0 radical (unpaired) electrons. The number of pyridine rings is 2. The fourth-order valence-electron chi connectivity index (χ4n) is 3.07. The summed E-state index contributed by atoms with van der Waals surface area (Å²) in [6.07, 6.45) is 6.67. The second-order valence-corrected chi connectivity index (χ2v) is 6.86. The van der Waals surface area contributed by atoms with Crippen LogP contribution in [-0.2, 0) is 0 Å². The van der Waals surface area contributed by atoms with Gasteiger partial charge in [-0.05, 0) is 36.1 Å². The standard InChI is InChI=1S/C17H17N5S/c1-12-9-15(13-5-4-7-18-10-13)22(11-12)17-21-20-16(23-17)14-6-2-3-8-19-14/h2-8,10,12,15H,9,11H2,1H3/t12-,15+/m1/s1. The van der Waals surface area contributed by atoms with Crippen LogP contribution >= 0.6 is 11.3 Å². The monoisotopic (exact) mass is 323 g/mol. The molecule has 4 heterocycles. The maximum Gasteiger partial charge on any atom is 0.209 e. The summed E-state index contributed by atoms with van der Waals surface area (Å²) in [5.41, 5.74) is 2.12. The third-order valence-corrected chi connectivity index (χ3v) is 5.11. The van der Waals surface area contributed by atoms with Crippen molar-refractivity contribution in [1.82, 2.24) is 20.2 Å². The predicted molar refractivity (Wildman–Crippen MR) is 91.2 cm³/mol. The number of hydrogen-bond acceptors (Lipinski definition) is 6. The highest BCUT2D eigenvalue weighted by molar-refractivity contribution is 7.18. The first-order valence-corrected chi connectivity index (χ1v) is 8.54. The van der Waals surface area contributed by atoms with E-state index in [-0.39, 0.29) is 0 Å². The average molecular weight is 323 g/mol. The van der Waals surface area contributed by atoms with Gasteiger partial charge in [0.25, 0.3) is 0 Å². The molecule has 3 aromatic rings. The van der Waals surface area contributed by atoms with E-state index in [0.29, 0.717) is 12.0 Å². The van der Waals surface area contributed by atoms with E-state index in [4.69, 9.17) is 0 Å². The summed E-state index contributed by atoms with van der Waals surface area (Å²) in [5, 5.41) is 10.6. The van der Waals surface area contributed by atoms with Crippen molar-refractivity contribution in [3.05, 3.63) is 54.5 Å². The highest BCUT2D eigenvalue weighted by Crippen LogP contribution is 2.40. The first-order valence-electron chi connectivity index (χ1n) is 7.73. The summed E-state index contributed by atoms with van der Waals surface area (Å²) in [4.78, 5) is 11.0. The summed E-state index contributed by atoms with van der Waals surface area (Å²) >= 11 is 1.60. The minimum atomic E-state index is 0.322. The third kappa shape index (κ3) is 2.82. The van der Waals surface area contributed by atoms with E-state index in [1.165, 1.54) is 5.56 Å². The Morgan fingerprint density at radius 1 is 1.13 bits per heavy atom. The Morgan fingerprint density at radius 2 is 2.09 bits per heavy atom. The molecule has 1 saturated heterocycles. The van der Waals surface area contributed by atoms with Crippen LogP contribution in [-0.4, -0.2) is 26.7 Å². The Balaban J connectivity index is 1.65. The Morgan fingerprint density at radius 3 is 2.87 bits per heavy atom. The Labute approximate surface area is 139 Å². The van der Waals surface area contributed by atoms with Crippen molar-refractivity contribution < 1.29 is 0 Å². The topological polar surface area (TPSA) is 54.8 Å². The van der Waals surface area contributed by atoms with Gasteiger partial charge in [-0.3, -0.25) is 9.97 Å². The summed E-state index contributed by atoms with van der Waals surface area (Å²) < 4.78 is 0. The first-order chi connectivity index (χ1) is 11.3. The van der Waals surface area contributed by atoms with Crippen molar-refractivity contribution in [3.8, 4) is 10.7 Å². The third-order valence-electron chi connectivity index (χ3n) is 4.12. The summed E-state index contributed by atoms with van der Waals surface area (Å²) in [6.45, 7) is 3.28. The molecule has 6 heteroatoms. The minimum absolute atomic E-state index is 0.322. The Hall–Kier alpha value is -2.34. The van der Waals surface area contributed by atoms with Gasteiger partial charge in [0.1, 0.15) is 5.69 Å². The zero-order chi connectivity index (χ0) is 15.6. The van der Waals surface area contributed by atoms with Crippen LogP contribution in [0.25, 0.3) is 10.7 Å². The molecule has 1 aliphatic heterocycles. The van der Waals surface area contributed by atoms with Gasteiger partial charge in [-0.15, -0.1) is 10.2 Å². The average Bonchev–Trinajstić information content (AvgIpc) is 3.23. The van der Waals surface area contributed by atoms with E-state index in [1.54, 1.807) is 17.5 Å². The van der Waals surface area contributed by atoms with Crippen molar-refractivity contribution in [1.29, 1.82) is 0 Å². The van der Waals surface area contributed by atoms with E-state index in [9.17, 15) is 0 Å². The van der Waals surface area contributed by atoms with E-state index >= 15 is 0 Å². The summed E-state index contributed by atoms with van der Waals surface area (Å²) in [5.74, 6) is 0.627. The first kappa shape index (κ1) is 14.3. The number of anilines is 1. The molecule has 0 saturated carbocycles. The molecule has 0 amide bonds. The largest absolute Gasteiger partial charge is 0.339 e. The molecule has 1 fully saturated rings. The molecule has 0 N–H and O–H groups in total. The smallest absolute Gasteiger partial charge is 0.209 e. The normalized spacial score (nSPS) is 20.8. The van der Waals surface area contributed by atoms with E-state index in [2.05, 4.69) is 38.1 Å². The lowest BCUT2D eigenvalue weighted by molar-refractivity contribution is 0.617. The molecule has 0 aromatic carbocycles. The molecule has 116 valence electrons. The molecular weight excluding hydrogens is 306 g/mol. The molecule has 0 aliphatic carbocycles. The van der Waals surface area contributed by atoms with E-state index in [0.717, 1.165) is 28.8 Å². The van der Waals surface area contributed by atoms with E-state index < -0.39 is 0 Å². The fraction of sp³-hybridized carbons (Fsp3) is 0.294. The van der Waals surface area contributed by atoms with Gasteiger partial charge in [0.05, 0.1) is 6.04 Å². The van der Waals surface area contributed by atoms with Crippen LogP contribution in [0.1, 0.15) is 24.9 Å². The van der Waals surface area contributed by atoms with Crippen molar-refractivity contribution in [2.75, 3.05) is 11.4 Å². The maximum absolute atomic E-state index is 4.42. The lowest BCUT2D eigenvalue weighted by Gasteiger charge is -2.23. The predicted octanol–water partition coefficient (Wildman–Crippen LogP) is 3.58. The molecule has 0 spiro atoms. The SMILES string of the molecule is C[C@@H]1C[C@@H](c2cccnc2)N(c2nnc(-c3ccccn3)s2)C1. The molecule has 4 rings (SSSR count). The van der Waals surface area contributed by atoms with Crippen LogP contribution in [0.2, 0.25) is 0 Å². The van der Waals surface area contributed by atoms with Crippen LogP contribution in [0.3, 0.4) is 0 Å². The molecular formula is C17H17N5S. The Kier molecular flexibility index (Phi) is 3.75. The van der Waals surface area contributed by atoms with Gasteiger partial charge in [0.2, 0.25) is 5.13 Å². The van der Waals surface area contributed by atoms with Crippen LogP contribution < -0.4 is 4.90 Å². The van der Waals surface area contributed by atoms with Gasteiger partial charge in [0, 0.05) is 25.1 Å². The van der Waals surface area contributed by atoms with Gasteiger partial charge < -0.3 is 4.90 Å². The van der Waals surface area contributed by atoms with Gasteiger partial charge in [-0.2, -0.15) is 0 Å². The lowest BCUT2D eigenvalue weighted by Crippen LogP contribution is -2.23. The Bertz CT molecular complexity index is 774. The van der Waals surface area contributed by atoms with Crippen LogP contribution in [0.5, 0.6) is 0 Å². The molecule has 1 aliphatic rings. The molecule has 3 aromatic heterocycles. The van der Waals surface area contributed by atoms with Crippen LogP contribution in [0.15, 0.2) is 48.9 Å². The van der Waals surface area contributed by atoms with Gasteiger partial charge in [-0.1, -0.05) is 30.4 Å². The maximum atomic E-state index is 4.42. The van der Waals surface area contributed by atoms with Crippen LogP contribution in [0.4, 0.5) is 5.13 Å². The zero-order valence-corrected chi connectivity index (χ0v) is 13.6. The molecule has 0 unspecified atom stereocenters.